The lowest BCUT2D eigenvalue weighted by atomic mass is 10.1. The number of hydrogen-bond acceptors (Lipinski definition) is 1. The molecule has 0 aliphatic carbocycles. The van der Waals surface area contributed by atoms with E-state index in [0.29, 0.717) is 10.0 Å². The summed E-state index contributed by atoms with van der Waals surface area (Å²) in [4.78, 5) is 11.0. The summed E-state index contributed by atoms with van der Waals surface area (Å²) in [5, 5.41) is 1.86. The Bertz CT molecular complexity index is 439. The van der Waals surface area contributed by atoms with Gasteiger partial charge in [-0.1, -0.05) is 28.1 Å². The first-order valence-corrected chi connectivity index (χ1v) is 5.77. The number of halogens is 5. The van der Waals surface area contributed by atoms with Crippen LogP contribution >= 0.6 is 15.9 Å². The van der Waals surface area contributed by atoms with E-state index in [1.54, 1.807) is 24.3 Å². The molecule has 0 radical (unpaired) electrons. The van der Waals surface area contributed by atoms with E-state index >= 15 is 0 Å². The summed E-state index contributed by atoms with van der Waals surface area (Å²) in [5.74, 6) is -6.66. The lowest BCUT2D eigenvalue weighted by molar-refractivity contribution is -0.170. The molecule has 100 valence electrons. The third kappa shape index (κ3) is 3.44. The Labute approximate surface area is 109 Å². The van der Waals surface area contributed by atoms with E-state index in [4.69, 9.17) is 0 Å². The highest BCUT2D eigenvalue weighted by Gasteiger charge is 2.49. The van der Waals surface area contributed by atoms with Crippen molar-refractivity contribution in [1.29, 1.82) is 0 Å². The third-order valence-corrected chi connectivity index (χ3v) is 2.77. The molecule has 7 heteroatoms. The second-order valence-electron chi connectivity index (χ2n) is 3.67. The van der Waals surface area contributed by atoms with Gasteiger partial charge in [-0.2, -0.15) is 8.78 Å². The van der Waals surface area contributed by atoms with Crippen molar-refractivity contribution in [2.45, 2.75) is 25.3 Å². The molecule has 18 heavy (non-hydrogen) atoms. The van der Waals surface area contributed by atoms with Gasteiger partial charge in [-0.05, 0) is 24.6 Å². The zero-order valence-corrected chi connectivity index (χ0v) is 10.8. The Balaban J connectivity index is 2.77. The zero-order valence-electron chi connectivity index (χ0n) is 9.26. The van der Waals surface area contributed by atoms with Crippen molar-refractivity contribution < 1.29 is 22.4 Å². The van der Waals surface area contributed by atoms with Gasteiger partial charge in [0.1, 0.15) is 0 Å². The number of rotatable bonds is 4. The quantitative estimate of drug-likeness (QED) is 0.842. The largest absolute Gasteiger partial charge is 0.383 e. The molecule has 0 fully saturated rings. The predicted octanol–water partition coefficient (Wildman–Crippen LogP) is 3.53. The topological polar surface area (TPSA) is 29.1 Å². The number of hydrogen-bond donors (Lipinski definition) is 1. The third-order valence-electron chi connectivity index (χ3n) is 2.27. The standard InChI is InChI=1S/C11H10BrF4NO/c1-6(7-3-2-4-8(12)5-7)17-10(18)11(15,16)9(13)14/h2-6,9H,1H3,(H,17,18). The van der Waals surface area contributed by atoms with E-state index in [1.165, 1.54) is 6.92 Å². The molecule has 0 aliphatic rings. The van der Waals surface area contributed by atoms with Crippen molar-refractivity contribution in [3.8, 4) is 0 Å². The van der Waals surface area contributed by atoms with E-state index in [9.17, 15) is 22.4 Å². The fourth-order valence-electron chi connectivity index (χ4n) is 1.25. The average molecular weight is 328 g/mol. The second kappa shape index (κ2) is 5.69. The van der Waals surface area contributed by atoms with Crippen LogP contribution in [0.5, 0.6) is 0 Å². The van der Waals surface area contributed by atoms with Crippen LogP contribution in [-0.2, 0) is 4.79 Å². The van der Waals surface area contributed by atoms with Crippen molar-refractivity contribution in [2.75, 3.05) is 0 Å². The van der Waals surface area contributed by atoms with Gasteiger partial charge in [-0.3, -0.25) is 4.79 Å². The molecule has 1 rings (SSSR count). The molecular weight excluding hydrogens is 318 g/mol. The average Bonchev–Trinajstić information content (AvgIpc) is 2.28. The Morgan fingerprint density at radius 1 is 1.39 bits per heavy atom. The van der Waals surface area contributed by atoms with Crippen LogP contribution in [0, 0.1) is 0 Å². The highest BCUT2D eigenvalue weighted by atomic mass is 79.9. The van der Waals surface area contributed by atoms with E-state index < -0.39 is 24.3 Å². The maximum Gasteiger partial charge on any atom is 0.383 e. The molecule has 1 amide bonds. The first-order chi connectivity index (χ1) is 8.25. The molecule has 0 bridgehead atoms. The summed E-state index contributed by atoms with van der Waals surface area (Å²) in [7, 11) is 0. The maximum atomic E-state index is 12.7. The maximum absolute atomic E-state index is 12.7. The molecule has 0 saturated carbocycles. The fraction of sp³-hybridized carbons (Fsp3) is 0.364. The van der Waals surface area contributed by atoms with E-state index in [0.717, 1.165) is 0 Å². The van der Waals surface area contributed by atoms with Gasteiger partial charge in [-0.15, -0.1) is 0 Å². The van der Waals surface area contributed by atoms with Crippen LogP contribution < -0.4 is 5.32 Å². The summed E-state index contributed by atoms with van der Waals surface area (Å²) in [5.41, 5.74) is 0.530. The molecular formula is C11H10BrF4NO. The van der Waals surface area contributed by atoms with Gasteiger partial charge in [0, 0.05) is 4.47 Å². The smallest absolute Gasteiger partial charge is 0.344 e. The minimum atomic E-state index is -4.68. The van der Waals surface area contributed by atoms with E-state index in [-0.39, 0.29) is 0 Å². The minimum absolute atomic E-state index is 0.530. The molecule has 1 aromatic carbocycles. The van der Waals surface area contributed by atoms with Gasteiger partial charge in [0.25, 0.3) is 5.91 Å². The monoisotopic (exact) mass is 327 g/mol. The highest BCUT2D eigenvalue weighted by Crippen LogP contribution is 2.25. The summed E-state index contributed by atoms with van der Waals surface area (Å²) in [6.45, 7) is 1.43. The summed E-state index contributed by atoms with van der Waals surface area (Å²) in [6.07, 6.45) is -4.02. The van der Waals surface area contributed by atoms with Crippen molar-refractivity contribution in [3.05, 3.63) is 34.3 Å². The molecule has 1 unspecified atom stereocenters. The first kappa shape index (κ1) is 14.9. The van der Waals surface area contributed by atoms with Gasteiger partial charge in [-0.25, -0.2) is 8.78 Å². The number of benzene rings is 1. The molecule has 0 saturated heterocycles. The Hall–Kier alpha value is -1.11. The number of amides is 1. The number of carbonyl (C=O) groups is 1. The van der Waals surface area contributed by atoms with Crippen molar-refractivity contribution in [3.63, 3.8) is 0 Å². The number of alkyl halides is 4. The normalized spacial score (nSPS) is 13.5. The first-order valence-electron chi connectivity index (χ1n) is 4.97. The summed E-state index contributed by atoms with van der Waals surface area (Å²) < 4.78 is 50.1. The number of carbonyl (C=O) groups excluding carboxylic acids is 1. The van der Waals surface area contributed by atoms with Gasteiger partial charge in [0.15, 0.2) is 0 Å². The van der Waals surface area contributed by atoms with Crippen LogP contribution in [0.1, 0.15) is 18.5 Å². The van der Waals surface area contributed by atoms with Crippen molar-refractivity contribution >= 4 is 21.8 Å². The number of nitrogens with one attached hydrogen (secondary N) is 1. The summed E-state index contributed by atoms with van der Waals surface area (Å²) >= 11 is 3.18. The van der Waals surface area contributed by atoms with Crippen LogP contribution in [0.25, 0.3) is 0 Å². The molecule has 0 spiro atoms. The van der Waals surface area contributed by atoms with Gasteiger partial charge < -0.3 is 5.32 Å². The molecule has 0 aliphatic heterocycles. The van der Waals surface area contributed by atoms with Gasteiger partial charge >= 0.3 is 12.3 Å². The molecule has 1 atom stereocenters. The Morgan fingerprint density at radius 2 is 2.00 bits per heavy atom. The fourth-order valence-corrected chi connectivity index (χ4v) is 1.67. The molecule has 1 N–H and O–H groups in total. The van der Waals surface area contributed by atoms with Crippen LogP contribution in [0.2, 0.25) is 0 Å². The Kier molecular flexibility index (Phi) is 4.72. The molecule has 0 heterocycles. The van der Waals surface area contributed by atoms with Gasteiger partial charge in [0.05, 0.1) is 6.04 Å². The van der Waals surface area contributed by atoms with Crippen molar-refractivity contribution in [1.82, 2.24) is 5.32 Å². The van der Waals surface area contributed by atoms with E-state index in [1.807, 2.05) is 5.32 Å². The predicted molar refractivity (Wildman–Crippen MR) is 61.7 cm³/mol. The molecule has 0 aromatic heterocycles. The van der Waals surface area contributed by atoms with E-state index in [2.05, 4.69) is 15.9 Å². The lowest BCUT2D eigenvalue weighted by Gasteiger charge is -2.19. The Morgan fingerprint density at radius 3 is 2.50 bits per heavy atom. The highest BCUT2D eigenvalue weighted by molar-refractivity contribution is 9.10. The van der Waals surface area contributed by atoms with Crippen LogP contribution in [0.15, 0.2) is 28.7 Å². The molecule has 2 nitrogen and oxygen atoms in total. The summed E-state index contributed by atoms with van der Waals surface area (Å²) in [6, 6.07) is 5.76. The lowest BCUT2D eigenvalue weighted by Crippen LogP contribution is -2.45. The second-order valence-corrected chi connectivity index (χ2v) is 4.59. The van der Waals surface area contributed by atoms with Crippen molar-refractivity contribution in [2.24, 2.45) is 0 Å². The van der Waals surface area contributed by atoms with Crippen LogP contribution in [-0.4, -0.2) is 18.3 Å². The zero-order chi connectivity index (χ0) is 13.9. The van der Waals surface area contributed by atoms with Crippen LogP contribution in [0.3, 0.4) is 0 Å². The minimum Gasteiger partial charge on any atom is -0.344 e. The molecule has 1 aromatic rings. The van der Waals surface area contributed by atoms with Gasteiger partial charge in [0.2, 0.25) is 0 Å². The van der Waals surface area contributed by atoms with Crippen LogP contribution in [0.4, 0.5) is 17.6 Å². The SMILES string of the molecule is CC(NC(=O)C(F)(F)C(F)F)c1cccc(Br)c1.